The molecule has 7 rings (SSSR count). The Morgan fingerprint density at radius 1 is 0.627 bits per heavy atom. The number of carbonyl (C=O) groups is 6. The van der Waals surface area contributed by atoms with Crippen LogP contribution in [-0.2, 0) is 23.9 Å². The predicted octanol–water partition coefficient (Wildman–Crippen LogP) is 10.2. The maximum atomic E-state index is 13.7. The summed E-state index contributed by atoms with van der Waals surface area (Å²) in [4.78, 5) is 77.9. The lowest BCUT2D eigenvalue weighted by Gasteiger charge is -2.25. The molecular formula is C52H39F4NO10. The molecule has 0 spiro atoms. The van der Waals surface area contributed by atoms with Crippen LogP contribution in [0.15, 0.2) is 145 Å². The molecule has 0 saturated carbocycles. The summed E-state index contributed by atoms with van der Waals surface area (Å²) in [6.45, 7) is 3.72. The van der Waals surface area contributed by atoms with Crippen LogP contribution in [0.1, 0.15) is 58.5 Å². The molecule has 0 radical (unpaired) electrons. The molecule has 1 aliphatic heterocycles. The highest BCUT2D eigenvalue weighted by Crippen LogP contribution is 2.38. The van der Waals surface area contributed by atoms with Gasteiger partial charge in [0.1, 0.15) is 23.0 Å². The summed E-state index contributed by atoms with van der Waals surface area (Å²) in [6.07, 6.45) is 11.7. The Morgan fingerprint density at radius 2 is 1.10 bits per heavy atom. The lowest BCUT2D eigenvalue weighted by molar-refractivity contribution is -0.133. The summed E-state index contributed by atoms with van der Waals surface area (Å²) in [6, 6.07) is 23.5. The zero-order valence-electron chi connectivity index (χ0n) is 35.7. The lowest BCUT2D eigenvalue weighted by Crippen LogP contribution is -2.31. The summed E-state index contributed by atoms with van der Waals surface area (Å²) in [7, 11) is 0. The van der Waals surface area contributed by atoms with Gasteiger partial charge in [-0.1, -0.05) is 44.2 Å². The minimum atomic E-state index is -1.18. The zero-order valence-corrected chi connectivity index (χ0v) is 35.7. The Balaban J connectivity index is 0.846. The van der Waals surface area contributed by atoms with Crippen LogP contribution in [0.2, 0.25) is 0 Å². The van der Waals surface area contributed by atoms with Crippen LogP contribution in [0.5, 0.6) is 17.2 Å². The third-order valence-corrected chi connectivity index (χ3v) is 11.1. The molecule has 0 N–H and O–H groups in total. The van der Waals surface area contributed by atoms with Crippen LogP contribution in [-0.4, -0.2) is 35.7 Å². The van der Waals surface area contributed by atoms with E-state index in [1.165, 1.54) is 72.8 Å². The number of hydrogen-bond acceptors (Lipinski definition) is 10. The first kappa shape index (κ1) is 46.8. The molecule has 5 aromatic carbocycles. The van der Waals surface area contributed by atoms with Crippen molar-refractivity contribution >= 4 is 53.5 Å². The number of hydrogen-bond donors (Lipinski definition) is 0. The zero-order chi connectivity index (χ0) is 47.8. The fraction of sp³-hybridized carbons (Fsp3) is 0.154. The molecule has 1 fully saturated rings. The second-order valence-corrected chi connectivity index (χ2v) is 15.7. The standard InChI is InChI=1S/C52H39F4NO10/c1-30(34-9-19-38(20-10-34)64-47(58)25-7-32-3-15-40(16-4-32)66-51(62)35-11-23-43(53)45(55)28-35)27-42-31(2)49(60)57(50(42)61)37-13-21-39(22-14-37)65-48(59)26-8-33-5-17-41(18-6-33)67-52(63)36-12-24-44(54)46(56)29-36/h3-9,11-26,28-31,34,42H,10,27H2,1-2H3/b25-7+,26-8+. The highest BCUT2D eigenvalue weighted by molar-refractivity contribution is 6.22. The van der Waals surface area contributed by atoms with E-state index in [2.05, 4.69) is 0 Å². The van der Waals surface area contributed by atoms with Crippen LogP contribution < -0.4 is 19.1 Å². The van der Waals surface area contributed by atoms with Crippen molar-refractivity contribution in [3.63, 3.8) is 0 Å². The molecule has 1 saturated heterocycles. The van der Waals surface area contributed by atoms with E-state index < -0.39 is 59.0 Å². The second-order valence-electron chi connectivity index (χ2n) is 15.7. The van der Waals surface area contributed by atoms with Gasteiger partial charge in [0, 0.05) is 18.1 Å². The van der Waals surface area contributed by atoms with E-state index in [1.54, 1.807) is 43.3 Å². The van der Waals surface area contributed by atoms with Gasteiger partial charge < -0.3 is 18.9 Å². The quantitative estimate of drug-likeness (QED) is 0.0347. The number of halogens is 4. The fourth-order valence-electron chi connectivity index (χ4n) is 7.28. The molecule has 15 heteroatoms. The Labute approximate surface area is 381 Å². The van der Waals surface area contributed by atoms with Crippen molar-refractivity contribution in [2.45, 2.75) is 26.7 Å². The van der Waals surface area contributed by atoms with Crippen molar-refractivity contribution in [1.82, 2.24) is 0 Å². The number of allylic oxidation sites excluding steroid dienone is 3. The van der Waals surface area contributed by atoms with Gasteiger partial charge in [0.2, 0.25) is 11.8 Å². The van der Waals surface area contributed by atoms with Gasteiger partial charge in [-0.05, 0) is 145 Å². The largest absolute Gasteiger partial charge is 0.424 e. The molecule has 0 aromatic heterocycles. The summed E-state index contributed by atoms with van der Waals surface area (Å²) in [5, 5.41) is 0. The van der Waals surface area contributed by atoms with Crippen molar-refractivity contribution in [3.8, 4) is 17.2 Å². The van der Waals surface area contributed by atoms with E-state index in [4.69, 9.17) is 18.9 Å². The van der Waals surface area contributed by atoms with E-state index in [9.17, 15) is 46.3 Å². The Hall–Kier alpha value is -8.20. The number of anilines is 1. The average Bonchev–Trinajstić information content (AvgIpc) is 3.52. The molecule has 11 nitrogen and oxygen atoms in total. The number of carbonyl (C=O) groups excluding carboxylic acids is 6. The molecule has 5 aromatic rings. The summed E-state index contributed by atoms with van der Waals surface area (Å²) in [5.41, 5.74) is 1.18. The molecule has 4 unspecified atom stereocenters. The van der Waals surface area contributed by atoms with Crippen molar-refractivity contribution in [3.05, 3.63) is 191 Å². The molecule has 2 aliphatic rings. The average molecular weight is 914 g/mol. The Bertz CT molecular complexity index is 2850. The summed E-state index contributed by atoms with van der Waals surface area (Å²) < 4.78 is 74.6. The molecule has 67 heavy (non-hydrogen) atoms. The van der Waals surface area contributed by atoms with Gasteiger partial charge in [0.15, 0.2) is 23.3 Å². The number of esters is 4. The van der Waals surface area contributed by atoms with Gasteiger partial charge >= 0.3 is 23.9 Å². The number of imide groups is 1. The maximum absolute atomic E-state index is 13.7. The van der Waals surface area contributed by atoms with E-state index in [1.807, 2.05) is 13.0 Å². The van der Waals surface area contributed by atoms with E-state index in [0.29, 0.717) is 35.4 Å². The number of amides is 2. The van der Waals surface area contributed by atoms with Gasteiger partial charge in [-0.3, -0.25) is 14.5 Å². The minimum absolute atomic E-state index is 0.00567. The molecule has 1 heterocycles. The van der Waals surface area contributed by atoms with Crippen molar-refractivity contribution in [1.29, 1.82) is 0 Å². The first-order chi connectivity index (χ1) is 32.1. The van der Waals surface area contributed by atoms with Crippen LogP contribution in [0.3, 0.4) is 0 Å². The van der Waals surface area contributed by atoms with Crippen LogP contribution >= 0.6 is 0 Å². The van der Waals surface area contributed by atoms with Gasteiger partial charge in [-0.25, -0.2) is 36.7 Å². The smallest absolute Gasteiger partial charge is 0.343 e. The van der Waals surface area contributed by atoms with E-state index in [-0.39, 0.29) is 52.0 Å². The second kappa shape index (κ2) is 20.7. The summed E-state index contributed by atoms with van der Waals surface area (Å²) in [5.74, 6) is -8.62. The molecule has 4 atom stereocenters. The lowest BCUT2D eigenvalue weighted by atomic mass is 9.79. The molecule has 1 aliphatic carbocycles. The van der Waals surface area contributed by atoms with Gasteiger partial charge in [0.05, 0.1) is 22.7 Å². The highest BCUT2D eigenvalue weighted by Gasteiger charge is 2.46. The molecule has 0 bridgehead atoms. The van der Waals surface area contributed by atoms with E-state index >= 15 is 0 Å². The third kappa shape index (κ3) is 11.7. The SMILES string of the molecule is CC(CC1C(=O)N(c2ccc(OC(=O)/C=C/c3ccc(OC(=O)c4ccc(F)c(F)c4)cc3)cc2)C(=O)C1C)C1C=CC(OC(=O)/C=C/c2ccc(OC(=O)c3ccc(F)c(F)c3)cc2)=CC1. The number of ether oxygens (including phenoxy) is 4. The first-order valence-corrected chi connectivity index (χ1v) is 20.8. The Morgan fingerprint density at radius 3 is 1.58 bits per heavy atom. The number of benzene rings is 5. The van der Waals surface area contributed by atoms with Crippen LogP contribution in [0.25, 0.3) is 12.2 Å². The topological polar surface area (TPSA) is 143 Å². The van der Waals surface area contributed by atoms with Crippen molar-refractivity contribution in [2.24, 2.45) is 23.7 Å². The Kier molecular flexibility index (Phi) is 14.5. The molecular weight excluding hydrogens is 875 g/mol. The number of nitrogens with zero attached hydrogens (tertiary/aromatic N) is 1. The third-order valence-electron chi connectivity index (χ3n) is 11.1. The minimum Gasteiger partial charge on any atom is -0.424 e. The van der Waals surface area contributed by atoms with Gasteiger partial charge in [-0.15, -0.1) is 0 Å². The fourth-order valence-corrected chi connectivity index (χ4v) is 7.28. The van der Waals surface area contributed by atoms with Crippen LogP contribution in [0.4, 0.5) is 23.2 Å². The molecule has 2 amide bonds. The normalized spacial score (nSPS) is 17.4. The monoisotopic (exact) mass is 913 g/mol. The van der Waals surface area contributed by atoms with Gasteiger partial charge in [-0.2, -0.15) is 0 Å². The predicted molar refractivity (Wildman–Crippen MR) is 236 cm³/mol. The summed E-state index contributed by atoms with van der Waals surface area (Å²) >= 11 is 0. The van der Waals surface area contributed by atoms with Crippen LogP contribution in [0, 0.1) is 46.9 Å². The highest BCUT2D eigenvalue weighted by atomic mass is 19.2. The van der Waals surface area contributed by atoms with E-state index in [0.717, 1.165) is 41.3 Å². The maximum Gasteiger partial charge on any atom is 0.343 e. The molecule has 340 valence electrons. The first-order valence-electron chi connectivity index (χ1n) is 20.8. The van der Waals surface area contributed by atoms with Gasteiger partial charge in [0.25, 0.3) is 0 Å². The van der Waals surface area contributed by atoms with Crippen molar-refractivity contribution in [2.75, 3.05) is 4.90 Å². The van der Waals surface area contributed by atoms with Crippen molar-refractivity contribution < 1.29 is 65.3 Å². The number of rotatable bonds is 14.